The number of hydrogen-bond donors (Lipinski definition) is 0. The molecule has 0 fully saturated rings. The van der Waals surface area contributed by atoms with E-state index in [-0.39, 0.29) is 18.1 Å². The molecule has 96 valence electrons. The summed E-state index contributed by atoms with van der Waals surface area (Å²) in [7, 11) is 0.621. The smallest absolute Gasteiger partial charge is 0.178 e. The van der Waals surface area contributed by atoms with Crippen molar-refractivity contribution in [2.24, 2.45) is 7.05 Å². The second-order valence-electron chi connectivity index (χ2n) is 4.36. The minimum atomic E-state index is -2.97. The molecular weight excluding hydrogens is 240 g/mol. The minimum Gasteiger partial charge on any atom is -0.357 e. The van der Waals surface area contributed by atoms with Crippen molar-refractivity contribution >= 4 is 15.6 Å². The predicted octanol–water partition coefficient (Wildman–Crippen LogP) is 0.184. The Bertz CT molecular complexity index is 491. The molecule has 0 aromatic carbocycles. The van der Waals surface area contributed by atoms with Gasteiger partial charge in [0.2, 0.25) is 0 Å². The first-order valence-corrected chi connectivity index (χ1v) is 7.35. The summed E-state index contributed by atoms with van der Waals surface area (Å²) >= 11 is 0. The summed E-state index contributed by atoms with van der Waals surface area (Å²) in [4.78, 5) is 13.5. The van der Waals surface area contributed by atoms with E-state index in [4.69, 9.17) is 0 Å². The van der Waals surface area contributed by atoms with Crippen LogP contribution in [0.25, 0.3) is 0 Å². The van der Waals surface area contributed by atoms with Gasteiger partial charge in [-0.25, -0.2) is 8.42 Å². The maximum atomic E-state index is 11.8. The van der Waals surface area contributed by atoms with Crippen molar-refractivity contribution in [2.45, 2.75) is 0 Å². The number of sulfone groups is 1. The molecule has 17 heavy (non-hydrogen) atoms. The average molecular weight is 258 g/mol. The highest BCUT2D eigenvalue weighted by Gasteiger charge is 2.11. The van der Waals surface area contributed by atoms with Gasteiger partial charge in [-0.05, 0) is 13.1 Å². The topological polar surface area (TPSA) is 59.4 Å². The largest absolute Gasteiger partial charge is 0.357 e. The van der Waals surface area contributed by atoms with Gasteiger partial charge >= 0.3 is 0 Å². The van der Waals surface area contributed by atoms with Crippen molar-refractivity contribution in [3.8, 4) is 0 Å². The molecule has 5 nitrogen and oxygen atoms in total. The lowest BCUT2D eigenvalue weighted by molar-refractivity contribution is 0.0949. The number of carbonyl (C=O) groups excluding carboxylic acids is 1. The average Bonchev–Trinajstić information content (AvgIpc) is 2.61. The monoisotopic (exact) mass is 258 g/mol. The van der Waals surface area contributed by atoms with Crippen LogP contribution >= 0.6 is 0 Å². The molecule has 6 heteroatoms. The number of likely N-dealkylation sites (N-methyl/N-ethyl adjacent to an activating group) is 1. The maximum Gasteiger partial charge on any atom is 0.178 e. The number of hydrogen-bond acceptors (Lipinski definition) is 4. The molecule has 0 amide bonds. The van der Waals surface area contributed by atoms with E-state index in [1.165, 1.54) is 6.26 Å². The quantitative estimate of drug-likeness (QED) is 0.683. The van der Waals surface area contributed by atoms with E-state index in [0.29, 0.717) is 12.1 Å². The van der Waals surface area contributed by atoms with E-state index in [2.05, 4.69) is 0 Å². The Kier molecular flexibility index (Phi) is 4.47. The van der Waals surface area contributed by atoms with Crippen molar-refractivity contribution in [2.75, 3.05) is 32.1 Å². The molecular formula is C11H18N2O3S. The standard InChI is InChI=1S/C11H18N2O3S/c1-12-5-4-10(8-12)11(14)9-13(2)6-7-17(3,15)16/h4-5,8H,6-7,9H2,1-3H3. The molecule has 1 rings (SSSR count). The molecule has 1 aromatic rings. The molecule has 0 saturated carbocycles. The lowest BCUT2D eigenvalue weighted by Crippen LogP contribution is -2.30. The van der Waals surface area contributed by atoms with Crippen molar-refractivity contribution in [1.29, 1.82) is 0 Å². The van der Waals surface area contributed by atoms with E-state index in [0.717, 1.165) is 0 Å². The fourth-order valence-corrected chi connectivity index (χ4v) is 2.05. The normalized spacial score (nSPS) is 12.0. The molecule has 0 atom stereocenters. The van der Waals surface area contributed by atoms with E-state index in [1.807, 2.05) is 17.8 Å². The number of carbonyl (C=O) groups is 1. The van der Waals surface area contributed by atoms with E-state index >= 15 is 0 Å². The van der Waals surface area contributed by atoms with Crippen molar-refractivity contribution in [3.63, 3.8) is 0 Å². The summed E-state index contributed by atoms with van der Waals surface area (Å²) in [5.41, 5.74) is 0.652. The maximum absolute atomic E-state index is 11.8. The summed E-state index contributed by atoms with van der Waals surface area (Å²) in [6, 6.07) is 1.76. The number of aryl methyl sites for hydroxylation is 1. The summed E-state index contributed by atoms with van der Waals surface area (Å²) in [5, 5.41) is 0. The van der Waals surface area contributed by atoms with Crippen LogP contribution in [-0.4, -0.2) is 55.8 Å². The summed E-state index contributed by atoms with van der Waals surface area (Å²) in [5.74, 6) is 0.0765. The van der Waals surface area contributed by atoms with Crippen LogP contribution in [0.3, 0.4) is 0 Å². The van der Waals surface area contributed by atoms with E-state index in [1.54, 1.807) is 24.2 Å². The molecule has 1 aromatic heterocycles. The highest BCUT2D eigenvalue weighted by Crippen LogP contribution is 2.02. The minimum absolute atomic E-state index is 0.00148. The summed E-state index contributed by atoms with van der Waals surface area (Å²) in [6.45, 7) is 0.608. The Morgan fingerprint density at radius 2 is 2.12 bits per heavy atom. The Hall–Kier alpha value is -1.14. The second kappa shape index (κ2) is 5.46. The van der Waals surface area contributed by atoms with Gasteiger partial charge in [0, 0.05) is 37.8 Å². The molecule has 0 aliphatic rings. The zero-order valence-corrected chi connectivity index (χ0v) is 11.2. The summed E-state index contributed by atoms with van der Waals surface area (Å²) in [6.07, 6.45) is 4.76. The lowest BCUT2D eigenvalue weighted by Gasteiger charge is -2.14. The Labute approximate surface area is 102 Å². The first kappa shape index (κ1) is 13.9. The van der Waals surface area contributed by atoms with Gasteiger partial charge < -0.3 is 4.57 Å². The van der Waals surface area contributed by atoms with Crippen LogP contribution < -0.4 is 0 Å². The molecule has 0 bridgehead atoms. The molecule has 0 N–H and O–H groups in total. The van der Waals surface area contributed by atoms with Gasteiger partial charge in [0.05, 0.1) is 12.3 Å². The van der Waals surface area contributed by atoms with Crippen molar-refractivity contribution < 1.29 is 13.2 Å². The van der Waals surface area contributed by atoms with Gasteiger partial charge in [0.15, 0.2) is 5.78 Å². The van der Waals surface area contributed by atoms with Gasteiger partial charge in [-0.15, -0.1) is 0 Å². The van der Waals surface area contributed by atoms with Crippen molar-refractivity contribution in [1.82, 2.24) is 9.47 Å². The lowest BCUT2D eigenvalue weighted by atomic mass is 10.2. The second-order valence-corrected chi connectivity index (χ2v) is 6.62. The van der Waals surface area contributed by atoms with E-state index < -0.39 is 9.84 Å². The van der Waals surface area contributed by atoms with Gasteiger partial charge in [-0.1, -0.05) is 0 Å². The highest BCUT2D eigenvalue weighted by atomic mass is 32.2. The van der Waals surface area contributed by atoms with Crippen LogP contribution in [0.2, 0.25) is 0 Å². The fourth-order valence-electron chi connectivity index (χ4n) is 1.41. The van der Waals surface area contributed by atoms with Crippen molar-refractivity contribution in [3.05, 3.63) is 24.0 Å². The Morgan fingerprint density at radius 1 is 1.47 bits per heavy atom. The molecule has 0 saturated heterocycles. The van der Waals surface area contributed by atoms with Crippen LogP contribution in [-0.2, 0) is 16.9 Å². The molecule has 0 aliphatic carbocycles. The number of ketones is 1. The highest BCUT2D eigenvalue weighted by molar-refractivity contribution is 7.90. The molecule has 0 spiro atoms. The first-order chi connectivity index (χ1) is 7.78. The van der Waals surface area contributed by atoms with Gasteiger partial charge in [0.1, 0.15) is 9.84 Å². The first-order valence-electron chi connectivity index (χ1n) is 5.29. The molecule has 0 aliphatic heterocycles. The third kappa shape index (κ3) is 5.14. The Balaban J connectivity index is 2.46. The SMILES string of the molecule is CN(CCS(C)(=O)=O)CC(=O)c1ccn(C)c1. The fraction of sp³-hybridized carbons (Fsp3) is 0.545. The van der Waals surface area contributed by atoms with E-state index in [9.17, 15) is 13.2 Å². The predicted molar refractivity (Wildman–Crippen MR) is 67.0 cm³/mol. The summed E-state index contributed by atoms with van der Waals surface area (Å²) < 4.78 is 23.8. The number of rotatable bonds is 6. The molecule has 0 unspecified atom stereocenters. The molecule has 0 radical (unpaired) electrons. The van der Waals surface area contributed by atoms with Crippen LogP contribution in [0.5, 0.6) is 0 Å². The number of aromatic nitrogens is 1. The number of nitrogens with zero attached hydrogens (tertiary/aromatic N) is 2. The zero-order chi connectivity index (χ0) is 13.1. The van der Waals surface area contributed by atoms with Gasteiger partial charge in [-0.3, -0.25) is 9.69 Å². The van der Waals surface area contributed by atoms with Gasteiger partial charge in [-0.2, -0.15) is 0 Å². The zero-order valence-electron chi connectivity index (χ0n) is 10.4. The third-order valence-corrected chi connectivity index (χ3v) is 3.34. The van der Waals surface area contributed by atoms with Crippen LogP contribution in [0.1, 0.15) is 10.4 Å². The van der Waals surface area contributed by atoms with Gasteiger partial charge in [0.25, 0.3) is 0 Å². The Morgan fingerprint density at radius 3 is 2.59 bits per heavy atom. The van der Waals surface area contributed by atoms with Crippen LogP contribution in [0, 0.1) is 0 Å². The third-order valence-electron chi connectivity index (χ3n) is 2.41. The molecule has 1 heterocycles. The van der Waals surface area contributed by atoms with Crippen LogP contribution in [0.4, 0.5) is 0 Å². The number of Topliss-reactive ketones (excluding diaryl/α,β-unsaturated/α-hetero) is 1. The van der Waals surface area contributed by atoms with Crippen LogP contribution in [0.15, 0.2) is 18.5 Å².